The Morgan fingerprint density at radius 2 is 1.95 bits per heavy atom. The normalized spacial score (nSPS) is 11.0. The van der Waals surface area contributed by atoms with Crippen molar-refractivity contribution in [3.8, 4) is 5.75 Å². The molecule has 3 rings (SSSR count). The van der Waals surface area contributed by atoms with E-state index in [9.17, 15) is 4.39 Å². The lowest BCUT2D eigenvalue weighted by molar-refractivity contribution is 0.296. The SMILES string of the molecule is Cn1c(COc2cccc(F)c2)cc2c(CN)cccc21. The standard InChI is InChI=1S/C17H17FN2O/c1-20-14(11-21-15-6-3-5-13(18)8-15)9-16-12(10-19)4-2-7-17(16)20/h2-9H,10-11,19H2,1H3. The van der Waals surface area contributed by atoms with Gasteiger partial charge in [0.1, 0.15) is 18.2 Å². The molecule has 0 bridgehead atoms. The van der Waals surface area contributed by atoms with Crippen LogP contribution in [0.25, 0.3) is 10.9 Å². The minimum atomic E-state index is -0.296. The molecule has 0 fully saturated rings. The van der Waals surface area contributed by atoms with Crippen LogP contribution in [-0.2, 0) is 20.2 Å². The van der Waals surface area contributed by atoms with Gasteiger partial charge in [-0.1, -0.05) is 18.2 Å². The van der Waals surface area contributed by atoms with Crippen LogP contribution in [-0.4, -0.2) is 4.57 Å². The molecule has 0 aliphatic carbocycles. The van der Waals surface area contributed by atoms with Gasteiger partial charge in [0, 0.05) is 30.6 Å². The van der Waals surface area contributed by atoms with E-state index in [1.54, 1.807) is 12.1 Å². The van der Waals surface area contributed by atoms with E-state index < -0.39 is 0 Å². The Kier molecular flexibility index (Phi) is 3.62. The van der Waals surface area contributed by atoms with E-state index >= 15 is 0 Å². The third kappa shape index (κ3) is 2.62. The number of aromatic nitrogens is 1. The molecule has 1 aromatic heterocycles. The summed E-state index contributed by atoms with van der Waals surface area (Å²) in [6.45, 7) is 0.893. The summed E-state index contributed by atoms with van der Waals surface area (Å²) in [4.78, 5) is 0. The van der Waals surface area contributed by atoms with Crippen molar-refractivity contribution in [2.24, 2.45) is 12.8 Å². The van der Waals surface area contributed by atoms with Gasteiger partial charge in [-0.3, -0.25) is 0 Å². The van der Waals surface area contributed by atoms with Crippen molar-refractivity contribution < 1.29 is 9.13 Å². The molecule has 0 saturated carbocycles. The quantitative estimate of drug-likeness (QED) is 0.798. The highest BCUT2D eigenvalue weighted by atomic mass is 19.1. The number of benzene rings is 2. The maximum absolute atomic E-state index is 13.1. The van der Waals surface area contributed by atoms with Gasteiger partial charge < -0.3 is 15.0 Å². The Bertz CT molecular complexity index is 780. The summed E-state index contributed by atoms with van der Waals surface area (Å²) < 4.78 is 20.9. The highest BCUT2D eigenvalue weighted by Gasteiger charge is 2.09. The lowest BCUT2D eigenvalue weighted by Crippen LogP contribution is -2.01. The molecule has 0 amide bonds. The fraction of sp³-hybridized carbons (Fsp3) is 0.176. The minimum Gasteiger partial charge on any atom is -0.487 e. The van der Waals surface area contributed by atoms with Gasteiger partial charge in [0.2, 0.25) is 0 Å². The van der Waals surface area contributed by atoms with Crippen LogP contribution >= 0.6 is 0 Å². The Labute approximate surface area is 122 Å². The second-order valence-corrected chi connectivity index (χ2v) is 4.99. The molecule has 21 heavy (non-hydrogen) atoms. The summed E-state index contributed by atoms with van der Waals surface area (Å²) in [5.74, 6) is 0.231. The van der Waals surface area contributed by atoms with Crippen LogP contribution in [0.5, 0.6) is 5.75 Å². The molecule has 0 aliphatic rings. The van der Waals surface area contributed by atoms with E-state index in [2.05, 4.69) is 16.7 Å². The van der Waals surface area contributed by atoms with E-state index in [4.69, 9.17) is 10.5 Å². The molecule has 3 nitrogen and oxygen atoms in total. The largest absolute Gasteiger partial charge is 0.487 e. The first-order chi connectivity index (χ1) is 10.2. The predicted molar refractivity (Wildman–Crippen MR) is 81.5 cm³/mol. The zero-order valence-electron chi connectivity index (χ0n) is 11.8. The molecule has 1 heterocycles. The van der Waals surface area contributed by atoms with Gasteiger partial charge in [-0.05, 0) is 29.8 Å². The van der Waals surface area contributed by atoms with E-state index in [0.717, 1.165) is 22.2 Å². The smallest absolute Gasteiger partial charge is 0.128 e. The number of hydrogen-bond donors (Lipinski definition) is 1. The summed E-state index contributed by atoms with van der Waals surface area (Å²) in [5, 5.41) is 1.14. The second kappa shape index (κ2) is 5.58. The zero-order chi connectivity index (χ0) is 14.8. The van der Waals surface area contributed by atoms with Crippen LogP contribution < -0.4 is 10.5 Å². The summed E-state index contributed by atoms with van der Waals surface area (Å²) in [5.41, 5.74) is 9.03. The molecule has 2 aromatic carbocycles. The zero-order valence-corrected chi connectivity index (χ0v) is 11.8. The van der Waals surface area contributed by atoms with Crippen molar-refractivity contribution in [1.29, 1.82) is 0 Å². The Hall–Kier alpha value is -2.33. The highest BCUT2D eigenvalue weighted by Crippen LogP contribution is 2.23. The summed E-state index contributed by atoms with van der Waals surface area (Å²) >= 11 is 0. The van der Waals surface area contributed by atoms with Gasteiger partial charge in [0.15, 0.2) is 0 Å². The van der Waals surface area contributed by atoms with Crippen molar-refractivity contribution in [3.05, 3.63) is 65.6 Å². The van der Waals surface area contributed by atoms with Crippen LogP contribution in [0.3, 0.4) is 0 Å². The van der Waals surface area contributed by atoms with Gasteiger partial charge in [-0.2, -0.15) is 0 Å². The average Bonchev–Trinajstić information content (AvgIpc) is 2.82. The highest BCUT2D eigenvalue weighted by molar-refractivity contribution is 5.84. The number of halogens is 1. The number of hydrogen-bond acceptors (Lipinski definition) is 2. The van der Waals surface area contributed by atoms with Gasteiger partial charge in [-0.25, -0.2) is 4.39 Å². The maximum atomic E-state index is 13.1. The molecule has 108 valence electrons. The maximum Gasteiger partial charge on any atom is 0.128 e. The molecule has 0 radical (unpaired) electrons. The van der Waals surface area contributed by atoms with Gasteiger partial charge in [0.25, 0.3) is 0 Å². The molecule has 0 aliphatic heterocycles. The lowest BCUT2D eigenvalue weighted by atomic mass is 10.1. The molecule has 2 N–H and O–H groups in total. The summed E-state index contributed by atoms with van der Waals surface area (Å²) in [6, 6.07) is 14.3. The number of nitrogens with zero attached hydrogens (tertiary/aromatic N) is 1. The van der Waals surface area contributed by atoms with E-state index in [1.807, 2.05) is 19.2 Å². The van der Waals surface area contributed by atoms with Gasteiger partial charge in [-0.15, -0.1) is 0 Å². The Morgan fingerprint density at radius 1 is 1.14 bits per heavy atom. The first-order valence-electron chi connectivity index (χ1n) is 6.83. The predicted octanol–water partition coefficient (Wildman–Crippen LogP) is 3.36. The average molecular weight is 284 g/mol. The van der Waals surface area contributed by atoms with Gasteiger partial charge in [0.05, 0.1) is 5.69 Å². The Morgan fingerprint density at radius 3 is 2.71 bits per heavy atom. The van der Waals surface area contributed by atoms with Crippen LogP contribution in [0, 0.1) is 5.82 Å². The van der Waals surface area contributed by atoms with E-state index in [-0.39, 0.29) is 5.82 Å². The fourth-order valence-electron chi connectivity index (χ4n) is 2.51. The number of rotatable bonds is 4. The lowest BCUT2D eigenvalue weighted by Gasteiger charge is -2.07. The van der Waals surface area contributed by atoms with Crippen molar-refractivity contribution in [3.63, 3.8) is 0 Å². The molecule has 0 unspecified atom stereocenters. The number of nitrogens with two attached hydrogens (primary N) is 1. The van der Waals surface area contributed by atoms with Crippen LogP contribution in [0.1, 0.15) is 11.3 Å². The van der Waals surface area contributed by atoms with Crippen LogP contribution in [0.4, 0.5) is 4.39 Å². The minimum absolute atomic E-state index is 0.296. The van der Waals surface area contributed by atoms with Gasteiger partial charge >= 0.3 is 0 Å². The van der Waals surface area contributed by atoms with Crippen LogP contribution in [0.2, 0.25) is 0 Å². The monoisotopic (exact) mass is 284 g/mol. The van der Waals surface area contributed by atoms with Crippen LogP contribution in [0.15, 0.2) is 48.5 Å². The number of ether oxygens (including phenoxy) is 1. The van der Waals surface area contributed by atoms with Crippen molar-refractivity contribution in [1.82, 2.24) is 4.57 Å². The van der Waals surface area contributed by atoms with E-state index in [0.29, 0.717) is 18.9 Å². The molecule has 0 spiro atoms. The fourth-order valence-corrected chi connectivity index (χ4v) is 2.51. The number of fused-ring (bicyclic) bond motifs is 1. The third-order valence-corrected chi connectivity index (χ3v) is 3.68. The molecule has 4 heteroatoms. The number of aryl methyl sites for hydroxylation is 1. The topological polar surface area (TPSA) is 40.2 Å². The summed E-state index contributed by atoms with van der Waals surface area (Å²) in [7, 11) is 1.99. The van der Waals surface area contributed by atoms with Crippen molar-refractivity contribution in [2.75, 3.05) is 0 Å². The van der Waals surface area contributed by atoms with E-state index in [1.165, 1.54) is 12.1 Å². The first-order valence-corrected chi connectivity index (χ1v) is 6.83. The second-order valence-electron chi connectivity index (χ2n) is 4.99. The summed E-state index contributed by atoms with van der Waals surface area (Å²) in [6.07, 6.45) is 0. The first kappa shape index (κ1) is 13.6. The molecular formula is C17H17FN2O. The Balaban J connectivity index is 1.89. The van der Waals surface area contributed by atoms with Crippen molar-refractivity contribution in [2.45, 2.75) is 13.2 Å². The molecule has 0 atom stereocenters. The molecule has 3 aromatic rings. The molecule has 0 saturated heterocycles. The third-order valence-electron chi connectivity index (χ3n) is 3.68. The molecular weight excluding hydrogens is 267 g/mol. The van der Waals surface area contributed by atoms with Crippen molar-refractivity contribution >= 4 is 10.9 Å².